The topological polar surface area (TPSA) is 29.5 Å². The van der Waals surface area contributed by atoms with Crippen molar-refractivity contribution in [2.45, 2.75) is 38.6 Å². The molecular formula is C16H20ClNO2. The van der Waals surface area contributed by atoms with Gasteiger partial charge >= 0.3 is 0 Å². The van der Waals surface area contributed by atoms with E-state index in [4.69, 9.17) is 16.3 Å². The Kier molecular flexibility index (Phi) is 3.83. The third-order valence-corrected chi connectivity index (χ3v) is 3.76. The summed E-state index contributed by atoms with van der Waals surface area (Å²) >= 11 is 6.02. The van der Waals surface area contributed by atoms with Crippen molar-refractivity contribution in [2.75, 3.05) is 12.0 Å². The zero-order valence-corrected chi connectivity index (χ0v) is 13.3. The molecular weight excluding hydrogens is 274 g/mol. The number of benzene rings is 1. The summed E-state index contributed by atoms with van der Waals surface area (Å²) in [5.41, 5.74) is 2.63. The second-order valence-electron chi connectivity index (χ2n) is 5.65. The van der Waals surface area contributed by atoms with Gasteiger partial charge in [-0.1, -0.05) is 6.08 Å². The number of allylic oxidation sites excluding steroid dienone is 1. The van der Waals surface area contributed by atoms with Gasteiger partial charge in [0.25, 0.3) is 0 Å². The highest BCUT2D eigenvalue weighted by Gasteiger charge is 2.37. The first-order valence-corrected chi connectivity index (χ1v) is 7.07. The van der Waals surface area contributed by atoms with Crippen LogP contribution in [0.4, 0.5) is 5.69 Å². The lowest BCUT2D eigenvalue weighted by atomic mass is 9.88. The van der Waals surface area contributed by atoms with E-state index in [9.17, 15) is 4.79 Å². The van der Waals surface area contributed by atoms with Crippen molar-refractivity contribution in [3.8, 4) is 5.75 Å². The van der Waals surface area contributed by atoms with Crippen LogP contribution < -0.4 is 9.64 Å². The molecule has 0 saturated heterocycles. The molecule has 0 spiro atoms. The molecule has 20 heavy (non-hydrogen) atoms. The summed E-state index contributed by atoms with van der Waals surface area (Å²) in [6, 6.07) is 5.78. The summed E-state index contributed by atoms with van der Waals surface area (Å²) in [4.78, 5) is 14.3. The van der Waals surface area contributed by atoms with Crippen LogP contribution >= 0.6 is 11.6 Å². The van der Waals surface area contributed by atoms with Crippen LogP contribution in [0.2, 0.25) is 0 Å². The standard InChI is InChI=1S/C16H20ClNO2/c1-10-9-16(3,4)18(15(19)11(2)17)14-8-12(20-5)6-7-13(10)14/h6-9,11H,1-5H3. The molecule has 1 amide bonds. The van der Waals surface area contributed by atoms with E-state index in [2.05, 4.69) is 13.0 Å². The van der Waals surface area contributed by atoms with E-state index < -0.39 is 10.9 Å². The lowest BCUT2D eigenvalue weighted by Gasteiger charge is -2.42. The van der Waals surface area contributed by atoms with Crippen LogP contribution in [0.3, 0.4) is 0 Å². The van der Waals surface area contributed by atoms with Crippen LogP contribution in [0.15, 0.2) is 24.3 Å². The van der Waals surface area contributed by atoms with Gasteiger partial charge in [-0.05, 0) is 45.4 Å². The second kappa shape index (κ2) is 5.13. The lowest BCUT2D eigenvalue weighted by molar-refractivity contribution is -0.118. The van der Waals surface area contributed by atoms with Gasteiger partial charge in [-0.3, -0.25) is 4.79 Å². The Morgan fingerprint density at radius 1 is 1.40 bits per heavy atom. The van der Waals surface area contributed by atoms with Crippen molar-refractivity contribution in [2.24, 2.45) is 0 Å². The molecule has 1 aliphatic heterocycles. The van der Waals surface area contributed by atoms with Crippen molar-refractivity contribution in [3.63, 3.8) is 0 Å². The minimum absolute atomic E-state index is 0.102. The number of hydrogen-bond acceptors (Lipinski definition) is 2. The number of amides is 1. The third-order valence-electron chi connectivity index (χ3n) is 3.58. The first kappa shape index (κ1) is 14.9. The molecule has 1 aromatic rings. The number of carbonyl (C=O) groups excluding carboxylic acids is 1. The quantitative estimate of drug-likeness (QED) is 0.775. The van der Waals surface area contributed by atoms with Gasteiger partial charge in [-0.25, -0.2) is 0 Å². The SMILES string of the molecule is COc1ccc2c(c1)N(C(=O)C(C)Cl)C(C)(C)C=C2C. The summed E-state index contributed by atoms with van der Waals surface area (Å²) in [6.45, 7) is 7.77. The summed E-state index contributed by atoms with van der Waals surface area (Å²) in [5.74, 6) is 0.629. The molecule has 0 bridgehead atoms. The molecule has 108 valence electrons. The molecule has 1 atom stereocenters. The Balaban J connectivity index is 2.65. The second-order valence-corrected chi connectivity index (χ2v) is 6.31. The smallest absolute Gasteiger partial charge is 0.245 e. The fraction of sp³-hybridized carbons (Fsp3) is 0.438. The van der Waals surface area contributed by atoms with E-state index in [1.807, 2.05) is 32.0 Å². The van der Waals surface area contributed by atoms with Crippen LogP contribution in [0.25, 0.3) is 5.57 Å². The molecule has 0 aromatic heterocycles. The maximum absolute atomic E-state index is 12.5. The minimum atomic E-state index is -0.569. The summed E-state index contributed by atoms with van der Waals surface area (Å²) in [7, 11) is 1.62. The molecule has 2 rings (SSSR count). The number of rotatable bonds is 2. The Morgan fingerprint density at radius 2 is 2.05 bits per heavy atom. The molecule has 1 aromatic carbocycles. The monoisotopic (exact) mass is 293 g/mol. The van der Waals surface area contributed by atoms with E-state index >= 15 is 0 Å². The number of hydrogen-bond donors (Lipinski definition) is 0. The molecule has 0 saturated carbocycles. The van der Waals surface area contributed by atoms with Crippen LogP contribution in [0.5, 0.6) is 5.75 Å². The Hall–Kier alpha value is -1.48. The van der Waals surface area contributed by atoms with Gasteiger partial charge in [-0.2, -0.15) is 0 Å². The van der Waals surface area contributed by atoms with Gasteiger partial charge in [0.15, 0.2) is 0 Å². The molecule has 4 heteroatoms. The Morgan fingerprint density at radius 3 is 2.60 bits per heavy atom. The van der Waals surface area contributed by atoms with Crippen LogP contribution in [0, 0.1) is 0 Å². The van der Waals surface area contributed by atoms with Gasteiger partial charge in [0, 0.05) is 11.6 Å². The molecule has 1 unspecified atom stereocenters. The normalized spacial score (nSPS) is 18.1. The predicted molar refractivity (Wildman–Crippen MR) is 83.5 cm³/mol. The van der Waals surface area contributed by atoms with E-state index in [1.54, 1.807) is 18.9 Å². The lowest BCUT2D eigenvalue weighted by Crippen LogP contribution is -2.51. The van der Waals surface area contributed by atoms with E-state index in [1.165, 1.54) is 0 Å². The first-order chi connectivity index (χ1) is 9.27. The van der Waals surface area contributed by atoms with Crippen molar-refractivity contribution in [1.82, 2.24) is 0 Å². The van der Waals surface area contributed by atoms with Crippen LogP contribution in [0.1, 0.15) is 33.3 Å². The molecule has 3 nitrogen and oxygen atoms in total. The van der Waals surface area contributed by atoms with E-state index in [-0.39, 0.29) is 5.91 Å². The highest BCUT2D eigenvalue weighted by Crippen LogP contribution is 2.41. The molecule has 0 N–H and O–H groups in total. The zero-order chi connectivity index (χ0) is 15.1. The fourth-order valence-corrected chi connectivity index (χ4v) is 2.82. The van der Waals surface area contributed by atoms with Crippen molar-refractivity contribution in [3.05, 3.63) is 29.8 Å². The summed E-state index contributed by atoms with van der Waals surface area (Å²) in [6.07, 6.45) is 2.10. The molecule has 0 radical (unpaired) electrons. The average Bonchev–Trinajstić information content (AvgIpc) is 2.36. The Labute approximate surface area is 125 Å². The molecule has 1 aliphatic rings. The number of halogens is 1. The van der Waals surface area contributed by atoms with Crippen LogP contribution in [-0.4, -0.2) is 23.9 Å². The summed E-state index contributed by atoms with van der Waals surface area (Å²) < 4.78 is 5.28. The number of anilines is 1. The highest BCUT2D eigenvalue weighted by atomic mass is 35.5. The van der Waals surface area contributed by atoms with Crippen molar-refractivity contribution < 1.29 is 9.53 Å². The van der Waals surface area contributed by atoms with Gasteiger partial charge in [0.2, 0.25) is 5.91 Å². The maximum Gasteiger partial charge on any atom is 0.245 e. The van der Waals surface area contributed by atoms with Crippen LogP contribution in [-0.2, 0) is 4.79 Å². The first-order valence-electron chi connectivity index (χ1n) is 6.64. The highest BCUT2D eigenvalue weighted by molar-refractivity contribution is 6.33. The number of fused-ring (bicyclic) bond motifs is 1. The van der Waals surface area contributed by atoms with E-state index in [0.717, 1.165) is 22.6 Å². The van der Waals surface area contributed by atoms with Gasteiger partial charge in [0.05, 0.1) is 18.3 Å². The van der Waals surface area contributed by atoms with Gasteiger partial charge in [-0.15, -0.1) is 11.6 Å². The molecule has 0 fully saturated rings. The minimum Gasteiger partial charge on any atom is -0.497 e. The largest absolute Gasteiger partial charge is 0.497 e. The average molecular weight is 294 g/mol. The van der Waals surface area contributed by atoms with Gasteiger partial charge in [0.1, 0.15) is 11.1 Å². The maximum atomic E-state index is 12.5. The van der Waals surface area contributed by atoms with Crippen molar-refractivity contribution >= 4 is 28.8 Å². The number of alkyl halides is 1. The van der Waals surface area contributed by atoms with E-state index in [0.29, 0.717) is 0 Å². The van der Waals surface area contributed by atoms with Gasteiger partial charge < -0.3 is 9.64 Å². The zero-order valence-electron chi connectivity index (χ0n) is 12.5. The molecule has 0 aliphatic carbocycles. The Bertz CT molecular complexity index is 576. The third kappa shape index (κ3) is 2.42. The number of methoxy groups -OCH3 is 1. The number of carbonyl (C=O) groups is 1. The van der Waals surface area contributed by atoms with Crippen molar-refractivity contribution in [1.29, 1.82) is 0 Å². The fourth-order valence-electron chi connectivity index (χ4n) is 2.72. The molecule has 1 heterocycles. The summed E-state index contributed by atoms with van der Waals surface area (Å²) in [5, 5.41) is -0.569. The number of nitrogens with zero attached hydrogens (tertiary/aromatic N) is 1. The number of ether oxygens (including phenoxy) is 1. The predicted octanol–water partition coefficient (Wildman–Crippen LogP) is 3.85.